The van der Waals surface area contributed by atoms with Gasteiger partial charge in [-0.25, -0.2) is 0 Å². The molecule has 356 valence electrons. The van der Waals surface area contributed by atoms with E-state index in [1.54, 1.807) is 33.4 Å². The number of halogens is 1. The molecule has 0 amide bonds. The van der Waals surface area contributed by atoms with Gasteiger partial charge in [0.05, 0.1) is 0 Å². The third kappa shape index (κ3) is 8.39. The molecule has 0 saturated heterocycles. The Morgan fingerprint density at radius 1 is 0.353 bits per heavy atom. The Kier molecular flexibility index (Phi) is 15.0. The zero-order chi connectivity index (χ0) is 47.6. The van der Waals surface area contributed by atoms with Crippen molar-refractivity contribution in [2.24, 2.45) is 11.8 Å². The van der Waals surface area contributed by atoms with Gasteiger partial charge in [0, 0.05) is 19.8 Å². The van der Waals surface area contributed by atoms with E-state index in [2.05, 4.69) is 193 Å². The summed E-state index contributed by atoms with van der Waals surface area (Å²) >= 11 is 2.59. The molecule has 6 aromatic carbocycles. The topological polar surface area (TPSA) is 0 Å². The molecule has 2 atom stereocenters. The van der Waals surface area contributed by atoms with Crippen LogP contribution in [-0.2, 0) is 16.2 Å². The van der Waals surface area contributed by atoms with E-state index in [4.69, 9.17) is 0 Å². The Labute approximate surface area is 426 Å². The molecule has 0 saturated carbocycles. The van der Waals surface area contributed by atoms with E-state index in [0.717, 1.165) is 37.5 Å². The molecule has 1 heteroatoms. The van der Waals surface area contributed by atoms with E-state index in [-0.39, 0.29) is 16.2 Å². The first-order chi connectivity index (χ1) is 33.2. The highest BCUT2D eigenvalue weighted by molar-refractivity contribution is 14.1. The monoisotopic (exact) mass is 1010 g/mol. The van der Waals surface area contributed by atoms with Gasteiger partial charge in [-0.15, -0.1) is 0 Å². The number of rotatable bonds is 22. The molecule has 0 spiro atoms. The fourth-order valence-corrected chi connectivity index (χ4v) is 15.1. The molecule has 0 fully saturated rings. The highest BCUT2D eigenvalue weighted by atomic mass is 127. The Bertz CT molecular complexity index is 2700. The maximum Gasteiger partial charge on any atom is 0.0221 e. The molecule has 3 aliphatic carbocycles. The number of hydrogen-bond donors (Lipinski definition) is 0. The van der Waals surface area contributed by atoms with Crippen LogP contribution in [0.25, 0.3) is 55.6 Å². The molecular weight excluding hydrogens is 932 g/mol. The Hall–Kier alpha value is -3.95. The number of benzene rings is 6. The van der Waals surface area contributed by atoms with E-state index < -0.39 is 0 Å². The van der Waals surface area contributed by atoms with Crippen molar-refractivity contribution in [3.63, 3.8) is 0 Å². The van der Waals surface area contributed by atoms with Gasteiger partial charge in [0.15, 0.2) is 0 Å². The van der Waals surface area contributed by atoms with Gasteiger partial charge in [0.1, 0.15) is 0 Å². The van der Waals surface area contributed by atoms with Crippen LogP contribution in [0.5, 0.6) is 0 Å². The quantitative estimate of drug-likeness (QED) is 0.0595. The van der Waals surface area contributed by atoms with Gasteiger partial charge >= 0.3 is 0 Å². The van der Waals surface area contributed by atoms with Crippen LogP contribution in [0.1, 0.15) is 204 Å². The maximum absolute atomic E-state index is 2.70. The van der Waals surface area contributed by atoms with Gasteiger partial charge in [-0.3, -0.25) is 0 Å². The minimum atomic E-state index is -0.0179. The van der Waals surface area contributed by atoms with E-state index in [0.29, 0.717) is 0 Å². The van der Waals surface area contributed by atoms with Gasteiger partial charge in [0.2, 0.25) is 0 Å². The van der Waals surface area contributed by atoms with Crippen molar-refractivity contribution < 1.29 is 0 Å². The van der Waals surface area contributed by atoms with E-state index in [1.165, 1.54) is 149 Å². The third-order valence-electron chi connectivity index (χ3n) is 17.7. The van der Waals surface area contributed by atoms with Crippen LogP contribution < -0.4 is 0 Å². The Morgan fingerprint density at radius 2 is 0.691 bits per heavy atom. The largest absolute Gasteiger partial charge is 0.0654 e. The first-order valence-electron chi connectivity index (χ1n) is 27.7. The second-order valence-corrected chi connectivity index (χ2v) is 23.0. The van der Waals surface area contributed by atoms with E-state index >= 15 is 0 Å². The molecule has 0 nitrogen and oxygen atoms in total. The van der Waals surface area contributed by atoms with Crippen LogP contribution in [0, 0.1) is 15.4 Å². The third-order valence-corrected chi connectivity index (χ3v) is 18.4. The number of unbranched alkanes of at least 4 members (excludes halogenated alkanes) is 2. The molecule has 9 rings (SSSR count). The molecule has 3 aliphatic rings. The van der Waals surface area contributed by atoms with Gasteiger partial charge in [-0.2, -0.15) is 0 Å². The smallest absolute Gasteiger partial charge is 0.0221 e. The van der Waals surface area contributed by atoms with E-state index in [1.807, 2.05) is 0 Å². The minimum Gasteiger partial charge on any atom is -0.0654 e. The van der Waals surface area contributed by atoms with Crippen LogP contribution in [0.15, 0.2) is 115 Å². The first-order valence-corrected chi connectivity index (χ1v) is 28.8. The van der Waals surface area contributed by atoms with Crippen molar-refractivity contribution in [1.29, 1.82) is 0 Å². The highest BCUT2D eigenvalue weighted by Crippen LogP contribution is 2.60. The summed E-state index contributed by atoms with van der Waals surface area (Å²) in [6, 6.07) is 47.2. The average Bonchev–Trinajstić information content (AvgIpc) is 3.89. The van der Waals surface area contributed by atoms with Gasteiger partial charge in [-0.1, -0.05) is 211 Å². The normalized spacial score (nSPS) is 17.5. The minimum absolute atomic E-state index is 0.0179. The van der Waals surface area contributed by atoms with Crippen molar-refractivity contribution in [2.45, 2.75) is 187 Å². The van der Waals surface area contributed by atoms with Crippen LogP contribution >= 0.6 is 22.6 Å². The highest BCUT2D eigenvalue weighted by Gasteiger charge is 2.47. The summed E-state index contributed by atoms with van der Waals surface area (Å²) in [4.78, 5) is 0. The lowest BCUT2D eigenvalue weighted by atomic mass is 9.65. The van der Waals surface area contributed by atoms with Crippen LogP contribution in [0.3, 0.4) is 0 Å². The maximum atomic E-state index is 2.70. The summed E-state index contributed by atoms with van der Waals surface area (Å²) in [5.74, 6) is 1.43. The number of fused-ring (bicyclic) bond motifs is 9. The molecule has 6 aromatic rings. The Balaban J connectivity index is 1.16. The lowest BCUT2D eigenvalue weighted by Crippen LogP contribution is -2.31. The standard InChI is InChI=1S/C67H81I/c1-9-17-21-46(15-7)44-67(45-47(16-8)22-18-10-2)63-42-51(28-33-57(63)58-34-29-52(68)43-64(58)67)50-27-32-56-55-31-26-49(40-61(55)66(37-13-5,38-14-6)62(56)41-50)48-25-30-54-53-23-19-20-24-59(53)65(35-11-3,36-12-4)60(54)39-48/h19-20,23-34,39-43,46-47H,9-18,21-22,35-38,44-45H2,1-8H3. The Morgan fingerprint density at radius 3 is 1.07 bits per heavy atom. The molecule has 68 heavy (non-hydrogen) atoms. The van der Waals surface area contributed by atoms with Crippen molar-refractivity contribution in [3.8, 4) is 55.6 Å². The fraction of sp³-hybridized carbons (Fsp3) is 0.463. The van der Waals surface area contributed by atoms with Gasteiger partial charge in [-0.05, 0) is 198 Å². The van der Waals surface area contributed by atoms with E-state index in [9.17, 15) is 0 Å². The number of hydrogen-bond acceptors (Lipinski definition) is 0. The zero-order valence-electron chi connectivity index (χ0n) is 43.2. The molecular formula is C67H81I. The average molecular weight is 1010 g/mol. The second kappa shape index (κ2) is 20.8. The van der Waals surface area contributed by atoms with Crippen LogP contribution in [0.2, 0.25) is 0 Å². The van der Waals surface area contributed by atoms with Crippen molar-refractivity contribution >= 4 is 22.6 Å². The summed E-state index contributed by atoms with van der Waals surface area (Å²) in [6.45, 7) is 19.2. The van der Waals surface area contributed by atoms with Crippen molar-refractivity contribution in [2.75, 3.05) is 0 Å². The van der Waals surface area contributed by atoms with Gasteiger partial charge < -0.3 is 0 Å². The molecule has 0 radical (unpaired) electrons. The summed E-state index contributed by atoms with van der Waals surface area (Å²) in [5.41, 5.74) is 23.8. The van der Waals surface area contributed by atoms with Crippen molar-refractivity contribution in [1.82, 2.24) is 0 Å². The lowest BCUT2D eigenvalue weighted by Gasteiger charge is -2.39. The summed E-state index contributed by atoms with van der Waals surface area (Å²) in [7, 11) is 0. The molecule has 0 aliphatic heterocycles. The lowest BCUT2D eigenvalue weighted by molar-refractivity contribution is 0.266. The predicted octanol–water partition coefficient (Wildman–Crippen LogP) is 20.8. The first kappa shape index (κ1) is 49.0. The second-order valence-electron chi connectivity index (χ2n) is 21.8. The molecule has 0 heterocycles. The summed E-state index contributed by atoms with van der Waals surface area (Å²) in [6.07, 6.45) is 22.3. The molecule has 0 bridgehead atoms. The fourth-order valence-electron chi connectivity index (χ4n) is 14.6. The van der Waals surface area contributed by atoms with Gasteiger partial charge in [0.25, 0.3) is 0 Å². The molecule has 2 unspecified atom stereocenters. The van der Waals surface area contributed by atoms with Crippen molar-refractivity contribution in [3.05, 3.63) is 152 Å². The summed E-state index contributed by atoms with van der Waals surface area (Å²) in [5, 5.41) is 0. The molecule has 0 aromatic heterocycles. The SMILES string of the molecule is CCCCC(CC)CC1(CC(CC)CCCC)c2cc(I)ccc2-c2ccc(-c3ccc4c(c3)C(CCC)(CCC)c3cc(-c5ccc6c(c5)C(CCC)(CCC)c5ccccc5-6)ccc3-4)cc21. The molecule has 0 N–H and O–H groups in total. The van der Waals surface area contributed by atoms with Crippen LogP contribution in [0.4, 0.5) is 0 Å². The van der Waals surface area contributed by atoms with Crippen LogP contribution in [-0.4, -0.2) is 0 Å². The summed E-state index contributed by atoms with van der Waals surface area (Å²) < 4.78 is 1.37. The predicted molar refractivity (Wildman–Crippen MR) is 304 cm³/mol. The zero-order valence-corrected chi connectivity index (χ0v) is 45.4.